The molecule has 0 unspecified atom stereocenters. The number of guanidine groups is 1. The molecule has 20 heavy (non-hydrogen) atoms. The van der Waals surface area contributed by atoms with Crippen molar-refractivity contribution in [1.29, 1.82) is 0 Å². The van der Waals surface area contributed by atoms with Crippen molar-refractivity contribution in [3.63, 3.8) is 0 Å². The Bertz CT molecular complexity index is 649. The van der Waals surface area contributed by atoms with Crippen molar-refractivity contribution in [3.05, 3.63) is 30.0 Å². The Morgan fingerprint density at radius 2 is 2.00 bits per heavy atom. The van der Waals surface area contributed by atoms with Gasteiger partial charge in [-0.2, -0.15) is 4.99 Å². The van der Waals surface area contributed by atoms with Gasteiger partial charge in [0.05, 0.1) is 24.4 Å². The minimum Gasteiger partial charge on any atom is -0.378 e. The summed E-state index contributed by atoms with van der Waals surface area (Å²) in [6.45, 7) is 4.80. The largest absolute Gasteiger partial charge is 0.378 e. The van der Waals surface area contributed by atoms with E-state index in [-0.39, 0.29) is 0 Å². The summed E-state index contributed by atoms with van der Waals surface area (Å²) >= 11 is 0. The smallest absolute Gasteiger partial charge is 0.253 e. The van der Waals surface area contributed by atoms with E-state index in [0.717, 1.165) is 29.7 Å². The predicted octanol–water partition coefficient (Wildman–Crippen LogP) is 1.22. The van der Waals surface area contributed by atoms with Crippen molar-refractivity contribution in [1.82, 2.24) is 14.9 Å². The molecule has 1 aliphatic rings. The molecule has 2 aromatic rings. The third-order valence-corrected chi connectivity index (χ3v) is 3.33. The SMILES string of the molecule is Cc1nc(N=C(N)N2CCOCC2)nc2ccccc12. The molecule has 1 aromatic carbocycles. The minimum absolute atomic E-state index is 0.408. The number of benzene rings is 1. The molecule has 104 valence electrons. The highest BCUT2D eigenvalue weighted by molar-refractivity contribution is 5.83. The van der Waals surface area contributed by atoms with Crippen molar-refractivity contribution in [3.8, 4) is 0 Å². The van der Waals surface area contributed by atoms with Gasteiger partial charge in [-0.25, -0.2) is 9.97 Å². The summed E-state index contributed by atoms with van der Waals surface area (Å²) in [6, 6.07) is 7.88. The fourth-order valence-corrected chi connectivity index (χ4v) is 2.24. The highest BCUT2D eigenvalue weighted by Gasteiger charge is 2.13. The molecule has 6 heteroatoms. The maximum absolute atomic E-state index is 6.01. The Balaban J connectivity index is 1.93. The summed E-state index contributed by atoms with van der Waals surface area (Å²) in [6.07, 6.45) is 0. The molecule has 2 heterocycles. The summed E-state index contributed by atoms with van der Waals surface area (Å²) in [5.41, 5.74) is 7.80. The van der Waals surface area contributed by atoms with Gasteiger partial charge in [0.25, 0.3) is 5.95 Å². The van der Waals surface area contributed by atoms with Crippen LogP contribution in [0.4, 0.5) is 5.95 Å². The number of hydrogen-bond acceptors (Lipinski definition) is 4. The monoisotopic (exact) mass is 271 g/mol. The van der Waals surface area contributed by atoms with Gasteiger partial charge in [-0.15, -0.1) is 0 Å². The van der Waals surface area contributed by atoms with Gasteiger partial charge in [0.1, 0.15) is 0 Å². The standard InChI is InChI=1S/C14H17N5O/c1-10-11-4-2-3-5-12(11)17-14(16-10)18-13(15)19-6-8-20-9-7-19/h2-5H,6-9H2,1H3,(H2,15,16,17,18). The van der Waals surface area contributed by atoms with Gasteiger partial charge >= 0.3 is 0 Å². The lowest BCUT2D eigenvalue weighted by Crippen LogP contribution is -2.44. The average Bonchev–Trinajstić information content (AvgIpc) is 2.48. The van der Waals surface area contributed by atoms with Crippen LogP contribution in [0.15, 0.2) is 29.3 Å². The zero-order valence-corrected chi connectivity index (χ0v) is 11.4. The summed E-state index contributed by atoms with van der Waals surface area (Å²) in [5.74, 6) is 0.855. The second-order valence-electron chi connectivity index (χ2n) is 4.70. The zero-order valence-electron chi connectivity index (χ0n) is 11.4. The number of nitrogens with two attached hydrogens (primary N) is 1. The molecule has 0 saturated carbocycles. The zero-order chi connectivity index (χ0) is 13.9. The number of morpholine rings is 1. The molecule has 6 nitrogen and oxygen atoms in total. The Hall–Kier alpha value is -2.21. The van der Waals surface area contributed by atoms with E-state index in [2.05, 4.69) is 15.0 Å². The molecular formula is C14H17N5O. The Kier molecular flexibility index (Phi) is 3.47. The van der Waals surface area contributed by atoms with Crippen LogP contribution in [-0.2, 0) is 4.74 Å². The van der Waals surface area contributed by atoms with Gasteiger partial charge in [0.2, 0.25) is 0 Å². The van der Waals surface area contributed by atoms with Crippen LogP contribution >= 0.6 is 0 Å². The second kappa shape index (κ2) is 5.42. The summed E-state index contributed by atoms with van der Waals surface area (Å²) in [7, 11) is 0. The van der Waals surface area contributed by atoms with Crippen LogP contribution in [-0.4, -0.2) is 47.1 Å². The lowest BCUT2D eigenvalue weighted by atomic mass is 10.2. The van der Waals surface area contributed by atoms with E-state index >= 15 is 0 Å². The number of nitrogens with zero attached hydrogens (tertiary/aromatic N) is 4. The molecule has 1 aliphatic heterocycles. The fraction of sp³-hybridized carbons (Fsp3) is 0.357. The molecule has 1 saturated heterocycles. The molecular weight excluding hydrogens is 254 g/mol. The molecule has 3 rings (SSSR count). The molecule has 0 radical (unpaired) electrons. The first-order valence-electron chi connectivity index (χ1n) is 6.64. The van der Waals surface area contributed by atoms with Gasteiger partial charge in [-0.05, 0) is 13.0 Å². The summed E-state index contributed by atoms with van der Waals surface area (Å²) < 4.78 is 5.29. The molecule has 0 aliphatic carbocycles. The van der Waals surface area contributed by atoms with E-state index < -0.39 is 0 Å². The molecule has 0 atom stereocenters. The van der Waals surface area contributed by atoms with Crippen LogP contribution in [0.1, 0.15) is 5.69 Å². The Morgan fingerprint density at radius 3 is 2.80 bits per heavy atom. The van der Waals surface area contributed by atoms with Crippen LogP contribution in [0.3, 0.4) is 0 Å². The summed E-state index contributed by atoms with van der Waals surface area (Å²) in [5, 5.41) is 1.04. The van der Waals surface area contributed by atoms with E-state index in [1.165, 1.54) is 0 Å². The summed E-state index contributed by atoms with van der Waals surface area (Å²) in [4.78, 5) is 15.2. The number of ether oxygens (including phenoxy) is 1. The molecule has 1 aromatic heterocycles. The first-order chi connectivity index (χ1) is 9.74. The first kappa shape index (κ1) is 12.8. The number of fused-ring (bicyclic) bond motifs is 1. The van der Waals surface area contributed by atoms with E-state index in [1.54, 1.807) is 0 Å². The van der Waals surface area contributed by atoms with E-state index in [0.29, 0.717) is 25.1 Å². The van der Waals surface area contributed by atoms with Crippen LogP contribution in [0, 0.1) is 6.92 Å². The minimum atomic E-state index is 0.408. The van der Waals surface area contributed by atoms with Gasteiger partial charge < -0.3 is 15.4 Å². The van der Waals surface area contributed by atoms with Gasteiger partial charge in [0.15, 0.2) is 5.96 Å². The molecule has 0 bridgehead atoms. The van der Waals surface area contributed by atoms with Crippen LogP contribution in [0.25, 0.3) is 10.9 Å². The second-order valence-corrected chi connectivity index (χ2v) is 4.70. The maximum Gasteiger partial charge on any atom is 0.253 e. The van der Waals surface area contributed by atoms with E-state index in [9.17, 15) is 0 Å². The van der Waals surface area contributed by atoms with Gasteiger partial charge in [-0.3, -0.25) is 0 Å². The first-order valence-corrected chi connectivity index (χ1v) is 6.64. The van der Waals surface area contributed by atoms with Crippen molar-refractivity contribution in [2.24, 2.45) is 10.7 Å². The predicted molar refractivity (Wildman–Crippen MR) is 77.9 cm³/mol. The number of aryl methyl sites for hydroxylation is 1. The van der Waals surface area contributed by atoms with Crippen molar-refractivity contribution in [2.75, 3.05) is 26.3 Å². The van der Waals surface area contributed by atoms with Crippen LogP contribution < -0.4 is 5.73 Å². The third-order valence-electron chi connectivity index (χ3n) is 3.33. The number of hydrogen-bond donors (Lipinski definition) is 1. The third kappa shape index (κ3) is 2.55. The van der Waals surface area contributed by atoms with Gasteiger partial charge in [-0.1, -0.05) is 18.2 Å². The molecule has 0 amide bonds. The highest BCUT2D eigenvalue weighted by atomic mass is 16.5. The van der Waals surface area contributed by atoms with Crippen molar-refractivity contribution >= 4 is 22.8 Å². The maximum atomic E-state index is 6.01. The average molecular weight is 271 g/mol. The van der Waals surface area contributed by atoms with Crippen molar-refractivity contribution in [2.45, 2.75) is 6.92 Å². The quantitative estimate of drug-likeness (QED) is 0.623. The van der Waals surface area contributed by atoms with Crippen LogP contribution in [0.2, 0.25) is 0 Å². The lowest BCUT2D eigenvalue weighted by molar-refractivity contribution is 0.0675. The Labute approximate surface area is 117 Å². The lowest BCUT2D eigenvalue weighted by Gasteiger charge is -2.27. The van der Waals surface area contributed by atoms with E-state index in [4.69, 9.17) is 10.5 Å². The van der Waals surface area contributed by atoms with Crippen LogP contribution in [0.5, 0.6) is 0 Å². The van der Waals surface area contributed by atoms with Crippen molar-refractivity contribution < 1.29 is 4.74 Å². The number of para-hydroxylation sites is 1. The topological polar surface area (TPSA) is 76.6 Å². The normalized spacial score (nSPS) is 16.6. The number of rotatable bonds is 1. The van der Waals surface area contributed by atoms with Gasteiger partial charge in [0, 0.05) is 18.5 Å². The highest BCUT2D eigenvalue weighted by Crippen LogP contribution is 2.18. The fourth-order valence-electron chi connectivity index (χ4n) is 2.24. The Morgan fingerprint density at radius 1 is 1.25 bits per heavy atom. The van der Waals surface area contributed by atoms with E-state index in [1.807, 2.05) is 36.1 Å². The molecule has 1 fully saturated rings. The number of aromatic nitrogens is 2. The molecule has 0 spiro atoms. The number of aliphatic imine (C=N–C) groups is 1. The molecule has 2 N–H and O–H groups in total.